The molecule has 0 amide bonds. The van der Waals surface area contributed by atoms with E-state index in [9.17, 15) is 22.0 Å². The standard InChI is InChI=1S/C16H22F5N3O2/c1-22-15(23-8-4-3-7-16(19,20)21)24-10-11-9-12(25-2)5-6-13(11)26-14(17)18/h5-6,9,14H,3-4,7-8,10H2,1-2H3,(H2,22,23,24). The number of nitrogens with one attached hydrogen (secondary N) is 2. The first-order valence-corrected chi connectivity index (χ1v) is 7.88. The predicted molar refractivity (Wildman–Crippen MR) is 87.7 cm³/mol. The van der Waals surface area contributed by atoms with E-state index in [1.54, 1.807) is 6.07 Å². The third-order valence-corrected chi connectivity index (χ3v) is 3.33. The van der Waals surface area contributed by atoms with Crippen molar-refractivity contribution in [3.05, 3.63) is 23.8 Å². The number of unbranched alkanes of at least 4 members (excludes halogenated alkanes) is 1. The normalized spacial score (nSPS) is 12.2. The third-order valence-electron chi connectivity index (χ3n) is 3.33. The zero-order valence-electron chi connectivity index (χ0n) is 14.5. The summed E-state index contributed by atoms with van der Waals surface area (Å²) in [5.41, 5.74) is 0.421. The molecule has 0 unspecified atom stereocenters. The number of benzene rings is 1. The van der Waals surface area contributed by atoms with Crippen LogP contribution >= 0.6 is 0 Å². The summed E-state index contributed by atoms with van der Waals surface area (Å²) in [4.78, 5) is 3.93. The molecule has 0 aliphatic heterocycles. The maximum absolute atomic E-state index is 12.5. The summed E-state index contributed by atoms with van der Waals surface area (Å²) in [6.45, 7) is -2.55. The highest BCUT2D eigenvalue weighted by atomic mass is 19.4. The number of nitrogens with zero attached hydrogens (tertiary/aromatic N) is 1. The molecule has 148 valence electrons. The second-order valence-electron chi connectivity index (χ2n) is 5.28. The van der Waals surface area contributed by atoms with Crippen molar-refractivity contribution >= 4 is 5.96 Å². The van der Waals surface area contributed by atoms with Gasteiger partial charge in [-0.2, -0.15) is 22.0 Å². The number of methoxy groups -OCH3 is 1. The Hall–Kier alpha value is -2.26. The molecule has 10 heteroatoms. The van der Waals surface area contributed by atoms with E-state index in [0.717, 1.165) is 0 Å². The number of aliphatic imine (C=N–C) groups is 1. The van der Waals surface area contributed by atoms with E-state index >= 15 is 0 Å². The van der Waals surface area contributed by atoms with Gasteiger partial charge in [-0.05, 0) is 31.0 Å². The smallest absolute Gasteiger partial charge is 0.389 e. The summed E-state index contributed by atoms with van der Waals surface area (Å²) in [6, 6.07) is 4.41. The van der Waals surface area contributed by atoms with Crippen LogP contribution < -0.4 is 20.1 Å². The molecule has 0 aliphatic rings. The first-order chi connectivity index (χ1) is 12.2. The van der Waals surface area contributed by atoms with E-state index in [-0.39, 0.29) is 18.7 Å². The van der Waals surface area contributed by atoms with Gasteiger partial charge in [-0.1, -0.05) is 0 Å². The minimum absolute atomic E-state index is 0.00562. The molecule has 0 aromatic heterocycles. The number of alkyl halides is 5. The van der Waals surface area contributed by atoms with Gasteiger partial charge in [0.2, 0.25) is 0 Å². The summed E-state index contributed by atoms with van der Waals surface area (Å²) >= 11 is 0. The van der Waals surface area contributed by atoms with Crippen molar-refractivity contribution in [2.75, 3.05) is 20.7 Å². The molecule has 5 nitrogen and oxygen atoms in total. The number of hydrogen-bond acceptors (Lipinski definition) is 3. The van der Waals surface area contributed by atoms with Crippen molar-refractivity contribution in [2.24, 2.45) is 4.99 Å². The fraction of sp³-hybridized carbons (Fsp3) is 0.562. The largest absolute Gasteiger partial charge is 0.497 e. The highest BCUT2D eigenvalue weighted by Crippen LogP contribution is 2.25. The highest BCUT2D eigenvalue weighted by Gasteiger charge is 2.25. The first kappa shape index (κ1) is 21.8. The lowest BCUT2D eigenvalue weighted by molar-refractivity contribution is -0.135. The van der Waals surface area contributed by atoms with Gasteiger partial charge in [-0.15, -0.1) is 0 Å². The van der Waals surface area contributed by atoms with Gasteiger partial charge in [-0.3, -0.25) is 4.99 Å². The van der Waals surface area contributed by atoms with E-state index in [1.807, 2.05) is 0 Å². The summed E-state index contributed by atoms with van der Waals surface area (Å²) in [5.74, 6) is 0.801. The van der Waals surface area contributed by atoms with Gasteiger partial charge in [0.05, 0.1) is 7.11 Å². The van der Waals surface area contributed by atoms with E-state index in [2.05, 4.69) is 20.4 Å². The van der Waals surface area contributed by atoms with Crippen molar-refractivity contribution in [1.82, 2.24) is 10.6 Å². The van der Waals surface area contributed by atoms with Crippen LogP contribution in [-0.2, 0) is 6.54 Å². The average Bonchev–Trinajstić information content (AvgIpc) is 2.56. The van der Waals surface area contributed by atoms with Gasteiger partial charge >= 0.3 is 12.8 Å². The molecule has 2 N–H and O–H groups in total. The molecule has 0 aliphatic carbocycles. The Morgan fingerprint density at radius 2 is 1.92 bits per heavy atom. The van der Waals surface area contributed by atoms with Crippen molar-refractivity contribution in [3.8, 4) is 11.5 Å². The van der Waals surface area contributed by atoms with Gasteiger partial charge in [0.15, 0.2) is 5.96 Å². The van der Waals surface area contributed by atoms with Crippen molar-refractivity contribution in [3.63, 3.8) is 0 Å². The van der Waals surface area contributed by atoms with Gasteiger partial charge in [-0.25, -0.2) is 0 Å². The monoisotopic (exact) mass is 383 g/mol. The molecule has 0 heterocycles. The van der Waals surface area contributed by atoms with Crippen LogP contribution in [0, 0.1) is 0 Å². The molecule has 1 aromatic carbocycles. The number of hydrogen-bond donors (Lipinski definition) is 2. The van der Waals surface area contributed by atoms with Gasteiger partial charge < -0.3 is 20.1 Å². The Labute approximate surface area is 148 Å². The lowest BCUT2D eigenvalue weighted by Crippen LogP contribution is -2.37. The van der Waals surface area contributed by atoms with E-state index in [0.29, 0.717) is 30.2 Å². The second-order valence-corrected chi connectivity index (χ2v) is 5.28. The molecule has 0 bridgehead atoms. The summed E-state index contributed by atoms with van der Waals surface area (Å²) < 4.78 is 70.7. The Kier molecular flexibility index (Phi) is 8.94. The molecule has 0 spiro atoms. The van der Waals surface area contributed by atoms with Crippen LogP contribution in [0.2, 0.25) is 0 Å². The maximum Gasteiger partial charge on any atom is 0.389 e. The maximum atomic E-state index is 12.5. The molecule has 0 saturated carbocycles. The van der Waals surface area contributed by atoms with Crippen LogP contribution in [-0.4, -0.2) is 39.4 Å². The molecule has 0 atom stereocenters. The first-order valence-electron chi connectivity index (χ1n) is 7.88. The molecule has 0 radical (unpaired) electrons. The topological polar surface area (TPSA) is 54.9 Å². The minimum atomic E-state index is -4.16. The second kappa shape index (κ2) is 10.7. The molecule has 1 rings (SSSR count). The summed E-state index contributed by atoms with van der Waals surface area (Å²) in [7, 11) is 2.94. The summed E-state index contributed by atoms with van der Waals surface area (Å²) in [6.07, 6.45) is -4.67. The molecular formula is C16H22F5N3O2. The van der Waals surface area contributed by atoms with E-state index in [4.69, 9.17) is 4.74 Å². The van der Waals surface area contributed by atoms with E-state index < -0.39 is 19.2 Å². The molecule has 0 fully saturated rings. The zero-order chi connectivity index (χ0) is 19.6. The number of halogens is 5. The van der Waals surface area contributed by atoms with Crippen LogP contribution in [0.5, 0.6) is 11.5 Å². The minimum Gasteiger partial charge on any atom is -0.497 e. The SMILES string of the molecule is CN=C(NCCCCC(F)(F)F)NCc1cc(OC)ccc1OC(F)F. The molecule has 0 saturated heterocycles. The highest BCUT2D eigenvalue weighted by molar-refractivity contribution is 5.79. The third kappa shape index (κ3) is 8.72. The Bertz CT molecular complexity index is 579. The van der Waals surface area contributed by atoms with Crippen molar-refractivity contribution in [1.29, 1.82) is 0 Å². The van der Waals surface area contributed by atoms with Crippen LogP contribution in [0.15, 0.2) is 23.2 Å². The lowest BCUT2D eigenvalue weighted by Gasteiger charge is -2.15. The van der Waals surface area contributed by atoms with Gasteiger partial charge in [0.1, 0.15) is 11.5 Å². The van der Waals surface area contributed by atoms with Crippen LogP contribution in [0.4, 0.5) is 22.0 Å². The Morgan fingerprint density at radius 3 is 2.50 bits per heavy atom. The summed E-state index contributed by atoms with van der Waals surface area (Å²) in [5, 5.41) is 5.76. The Morgan fingerprint density at radius 1 is 1.19 bits per heavy atom. The average molecular weight is 383 g/mol. The molecule has 1 aromatic rings. The lowest BCUT2D eigenvalue weighted by atomic mass is 10.2. The number of rotatable bonds is 9. The van der Waals surface area contributed by atoms with Crippen molar-refractivity contribution < 1.29 is 31.4 Å². The van der Waals surface area contributed by atoms with Crippen LogP contribution in [0.1, 0.15) is 24.8 Å². The van der Waals surface area contributed by atoms with Crippen molar-refractivity contribution in [2.45, 2.75) is 38.6 Å². The quantitative estimate of drug-likeness (QED) is 0.296. The number of ether oxygens (including phenoxy) is 2. The predicted octanol–water partition coefficient (Wildman–Crippen LogP) is 3.69. The number of guanidine groups is 1. The van der Waals surface area contributed by atoms with Gasteiger partial charge in [0.25, 0.3) is 0 Å². The van der Waals surface area contributed by atoms with Crippen LogP contribution in [0.25, 0.3) is 0 Å². The zero-order valence-corrected chi connectivity index (χ0v) is 14.5. The Balaban J connectivity index is 2.54. The molecular weight excluding hydrogens is 361 g/mol. The van der Waals surface area contributed by atoms with Crippen LogP contribution in [0.3, 0.4) is 0 Å². The fourth-order valence-electron chi connectivity index (χ4n) is 2.09. The fourth-order valence-corrected chi connectivity index (χ4v) is 2.09. The van der Waals surface area contributed by atoms with Gasteiger partial charge in [0, 0.05) is 32.1 Å². The van der Waals surface area contributed by atoms with E-state index in [1.165, 1.54) is 26.3 Å². The molecule has 26 heavy (non-hydrogen) atoms.